The molecule has 0 aliphatic carbocycles. The second-order valence-corrected chi connectivity index (χ2v) is 9.03. The molecule has 168 valence electrons. The highest BCUT2D eigenvalue weighted by Crippen LogP contribution is 2.23. The van der Waals surface area contributed by atoms with Gasteiger partial charge >= 0.3 is 0 Å². The van der Waals surface area contributed by atoms with Crippen molar-refractivity contribution in [2.75, 3.05) is 17.5 Å². The van der Waals surface area contributed by atoms with Crippen molar-refractivity contribution >= 4 is 21.6 Å². The number of anilines is 1. The molecule has 0 saturated carbocycles. The smallest absolute Gasteiger partial charge is 0.264 e. The number of sulfonamides is 1. The quantitative estimate of drug-likeness (QED) is 0.496. The molecule has 0 saturated heterocycles. The minimum absolute atomic E-state index is 0.0798. The van der Waals surface area contributed by atoms with Gasteiger partial charge in [0.15, 0.2) is 0 Å². The molecule has 7 heteroatoms. The summed E-state index contributed by atoms with van der Waals surface area (Å²) in [5.74, 6) is -0.330. The fourth-order valence-corrected chi connectivity index (χ4v) is 4.79. The van der Waals surface area contributed by atoms with Crippen molar-refractivity contribution in [2.24, 2.45) is 0 Å². The molecule has 0 aromatic heterocycles. The Kier molecular flexibility index (Phi) is 8.03. The Morgan fingerprint density at radius 1 is 0.906 bits per heavy atom. The van der Waals surface area contributed by atoms with Gasteiger partial charge in [0.1, 0.15) is 0 Å². The number of amides is 1. The van der Waals surface area contributed by atoms with E-state index >= 15 is 0 Å². The van der Waals surface area contributed by atoms with E-state index in [2.05, 4.69) is 5.32 Å². The molecule has 0 fully saturated rings. The zero-order chi connectivity index (χ0) is 23.0. The Morgan fingerprint density at radius 2 is 1.59 bits per heavy atom. The van der Waals surface area contributed by atoms with Crippen molar-refractivity contribution in [1.82, 2.24) is 5.32 Å². The molecule has 0 bridgehead atoms. The number of para-hydroxylation sites is 1. The number of nitrogens with zero attached hydrogens (tertiary/aromatic N) is 1. The van der Waals surface area contributed by atoms with Crippen LogP contribution in [0.2, 0.25) is 0 Å². The van der Waals surface area contributed by atoms with Gasteiger partial charge in [-0.25, -0.2) is 8.42 Å². The molecular formula is C25H28N2O4S. The summed E-state index contributed by atoms with van der Waals surface area (Å²) in [7, 11) is -3.80. The van der Waals surface area contributed by atoms with E-state index in [1.807, 2.05) is 37.3 Å². The molecule has 0 aliphatic heterocycles. The normalized spacial score (nSPS) is 11.2. The second-order valence-electron chi connectivity index (χ2n) is 7.17. The van der Waals surface area contributed by atoms with Crippen LogP contribution >= 0.6 is 0 Å². The van der Waals surface area contributed by atoms with Crippen LogP contribution in [0.15, 0.2) is 83.8 Å². The summed E-state index contributed by atoms with van der Waals surface area (Å²) in [6, 6.07) is 22.8. The van der Waals surface area contributed by atoms with Gasteiger partial charge in [0.2, 0.25) is 0 Å². The van der Waals surface area contributed by atoms with E-state index in [9.17, 15) is 13.2 Å². The molecule has 0 aliphatic rings. The van der Waals surface area contributed by atoms with Gasteiger partial charge in [-0.15, -0.1) is 0 Å². The van der Waals surface area contributed by atoms with Gasteiger partial charge in [0.05, 0.1) is 17.2 Å². The Balaban J connectivity index is 1.71. The summed E-state index contributed by atoms with van der Waals surface area (Å²) in [6.45, 7) is 5.57. The van der Waals surface area contributed by atoms with Crippen LogP contribution < -0.4 is 9.62 Å². The number of benzene rings is 3. The largest absolute Gasteiger partial charge is 0.377 e. The molecule has 3 rings (SSSR count). The van der Waals surface area contributed by atoms with Crippen LogP contribution in [0.25, 0.3) is 0 Å². The van der Waals surface area contributed by atoms with Crippen molar-refractivity contribution in [2.45, 2.75) is 31.9 Å². The molecule has 0 unspecified atom stereocenters. The molecule has 0 radical (unpaired) electrons. The minimum Gasteiger partial charge on any atom is -0.377 e. The third-order valence-corrected chi connectivity index (χ3v) is 6.86. The summed E-state index contributed by atoms with van der Waals surface area (Å²) in [4.78, 5) is 12.8. The van der Waals surface area contributed by atoms with E-state index < -0.39 is 10.0 Å². The van der Waals surface area contributed by atoms with E-state index in [0.29, 0.717) is 31.0 Å². The van der Waals surface area contributed by atoms with Crippen molar-refractivity contribution in [3.05, 3.63) is 95.6 Å². The van der Waals surface area contributed by atoms with Gasteiger partial charge in [-0.05, 0) is 55.3 Å². The molecule has 6 nitrogen and oxygen atoms in total. The second kappa shape index (κ2) is 10.9. The molecule has 0 atom stereocenters. The fraction of sp³-hybridized carbons (Fsp3) is 0.240. The Hall–Kier alpha value is -3.16. The first-order valence-corrected chi connectivity index (χ1v) is 12.0. The van der Waals surface area contributed by atoms with Crippen LogP contribution in [0, 0.1) is 0 Å². The molecule has 1 amide bonds. The maximum absolute atomic E-state index is 13.2. The summed E-state index contributed by atoms with van der Waals surface area (Å²) < 4.78 is 33.1. The van der Waals surface area contributed by atoms with Crippen molar-refractivity contribution in [1.29, 1.82) is 0 Å². The van der Waals surface area contributed by atoms with Crippen molar-refractivity contribution in [3.8, 4) is 0 Å². The Morgan fingerprint density at radius 3 is 2.25 bits per heavy atom. The lowest BCUT2D eigenvalue weighted by Gasteiger charge is -2.23. The molecule has 1 N–H and O–H groups in total. The number of carbonyl (C=O) groups is 1. The van der Waals surface area contributed by atoms with E-state index in [4.69, 9.17) is 4.74 Å². The highest BCUT2D eigenvalue weighted by Gasteiger charge is 2.24. The van der Waals surface area contributed by atoms with Crippen LogP contribution in [0.3, 0.4) is 0 Å². The molecule has 3 aromatic rings. The highest BCUT2D eigenvalue weighted by atomic mass is 32.2. The summed E-state index contributed by atoms with van der Waals surface area (Å²) in [6.07, 6.45) is 0. The average Bonchev–Trinajstić information content (AvgIpc) is 2.83. The molecule has 0 heterocycles. The number of rotatable bonds is 10. The lowest BCUT2D eigenvalue weighted by atomic mass is 10.1. The van der Waals surface area contributed by atoms with Crippen LogP contribution in [0.4, 0.5) is 5.69 Å². The first kappa shape index (κ1) is 23.5. The number of hydrogen-bond acceptors (Lipinski definition) is 4. The van der Waals surface area contributed by atoms with Gasteiger partial charge in [0, 0.05) is 25.3 Å². The van der Waals surface area contributed by atoms with Crippen LogP contribution in [-0.4, -0.2) is 27.5 Å². The third-order valence-electron chi connectivity index (χ3n) is 4.96. The monoisotopic (exact) mass is 452 g/mol. The van der Waals surface area contributed by atoms with E-state index in [0.717, 1.165) is 11.1 Å². The molecule has 0 spiro atoms. The lowest BCUT2D eigenvalue weighted by Crippen LogP contribution is -2.31. The predicted molar refractivity (Wildman–Crippen MR) is 126 cm³/mol. The molecular weight excluding hydrogens is 424 g/mol. The number of nitrogens with one attached hydrogen (secondary N) is 1. The first-order chi connectivity index (χ1) is 15.5. The standard InChI is InChI=1S/C25H28N2O4S/c1-3-27(23-10-6-5-7-11-23)32(29,30)24-12-8-9-22(17-24)25(28)26-18-20-13-15-21(16-14-20)19-31-4-2/h5-17H,3-4,18-19H2,1-2H3,(H,26,28). The van der Waals surface area contributed by atoms with Crippen molar-refractivity contribution < 1.29 is 17.9 Å². The van der Waals surface area contributed by atoms with Crippen LogP contribution in [-0.2, 0) is 27.9 Å². The Labute approximate surface area is 189 Å². The minimum atomic E-state index is -3.80. The number of carbonyl (C=O) groups excluding carboxylic acids is 1. The van der Waals surface area contributed by atoms with Gasteiger partial charge in [-0.1, -0.05) is 48.5 Å². The summed E-state index contributed by atoms with van der Waals surface area (Å²) in [5.41, 5.74) is 2.89. The maximum Gasteiger partial charge on any atom is 0.264 e. The first-order valence-electron chi connectivity index (χ1n) is 10.6. The number of ether oxygens (including phenoxy) is 1. The van der Waals surface area contributed by atoms with E-state index in [-0.39, 0.29) is 17.3 Å². The summed E-state index contributed by atoms with van der Waals surface area (Å²) >= 11 is 0. The Bertz CT molecular complexity index is 1130. The maximum atomic E-state index is 13.2. The van der Waals surface area contributed by atoms with Gasteiger partial charge in [0.25, 0.3) is 15.9 Å². The van der Waals surface area contributed by atoms with E-state index in [1.54, 1.807) is 43.3 Å². The van der Waals surface area contributed by atoms with Gasteiger partial charge in [-0.3, -0.25) is 9.10 Å². The lowest BCUT2D eigenvalue weighted by molar-refractivity contribution is 0.0950. The van der Waals surface area contributed by atoms with Gasteiger partial charge < -0.3 is 10.1 Å². The number of hydrogen-bond donors (Lipinski definition) is 1. The third kappa shape index (κ3) is 5.75. The molecule has 3 aromatic carbocycles. The zero-order valence-electron chi connectivity index (χ0n) is 18.3. The van der Waals surface area contributed by atoms with Gasteiger partial charge in [-0.2, -0.15) is 0 Å². The predicted octanol–water partition coefficient (Wildman–Crippen LogP) is 4.37. The average molecular weight is 453 g/mol. The highest BCUT2D eigenvalue weighted by molar-refractivity contribution is 7.92. The van der Waals surface area contributed by atoms with Crippen LogP contribution in [0.1, 0.15) is 35.3 Å². The molecule has 32 heavy (non-hydrogen) atoms. The topological polar surface area (TPSA) is 75.7 Å². The fourth-order valence-electron chi connectivity index (χ4n) is 3.27. The SMILES string of the molecule is CCOCc1ccc(CNC(=O)c2cccc(S(=O)(=O)N(CC)c3ccccc3)c2)cc1. The van der Waals surface area contributed by atoms with E-state index in [1.165, 1.54) is 16.4 Å². The summed E-state index contributed by atoms with van der Waals surface area (Å²) in [5, 5.41) is 2.85. The van der Waals surface area contributed by atoms with Crippen LogP contribution in [0.5, 0.6) is 0 Å². The van der Waals surface area contributed by atoms with Crippen molar-refractivity contribution in [3.63, 3.8) is 0 Å². The zero-order valence-corrected chi connectivity index (χ0v) is 19.1.